The van der Waals surface area contributed by atoms with Crippen LogP contribution in [0.2, 0.25) is 18.6 Å². The third-order valence-corrected chi connectivity index (χ3v) is 8.61. The van der Waals surface area contributed by atoms with Crippen LogP contribution in [0.1, 0.15) is 6.92 Å². The largest absolute Gasteiger partial charge is 0.463 e. The molecule has 0 aliphatic heterocycles. The van der Waals surface area contributed by atoms with Gasteiger partial charge >= 0.3 is 0 Å². The number of allylic oxidation sites excluding steroid dienone is 1. The van der Waals surface area contributed by atoms with Crippen LogP contribution in [-0.4, -0.2) is 18.8 Å². The van der Waals surface area contributed by atoms with Crippen molar-refractivity contribution in [1.82, 2.24) is 0 Å². The first kappa shape index (κ1) is 9.13. The smallest absolute Gasteiger partial charge is 0.179 e. The van der Waals surface area contributed by atoms with E-state index >= 15 is 0 Å². The van der Waals surface area contributed by atoms with E-state index in [2.05, 4.69) is 26.6 Å². The molecule has 0 saturated heterocycles. The van der Waals surface area contributed by atoms with Crippen LogP contribution >= 0.6 is 0 Å². The van der Waals surface area contributed by atoms with Gasteiger partial charge in [-0.15, -0.1) is 6.58 Å². The SMILES string of the molecule is C=CC(C)[Si](C)(C)O[SiH3]. The van der Waals surface area contributed by atoms with Gasteiger partial charge in [0.25, 0.3) is 0 Å². The van der Waals surface area contributed by atoms with Gasteiger partial charge in [-0.3, -0.25) is 0 Å². The maximum Gasteiger partial charge on any atom is 0.179 e. The molecule has 1 atom stereocenters. The molecular weight excluding hydrogens is 144 g/mol. The van der Waals surface area contributed by atoms with E-state index in [0.29, 0.717) is 5.54 Å². The normalized spacial score (nSPS) is 15.4. The highest BCUT2D eigenvalue weighted by atomic mass is 28.4. The molecule has 0 N–H and O–H groups in total. The summed E-state index contributed by atoms with van der Waals surface area (Å²) < 4.78 is 5.50. The molecule has 0 amide bonds. The van der Waals surface area contributed by atoms with Gasteiger partial charge in [0.2, 0.25) is 0 Å². The Labute approximate surface area is 61.8 Å². The van der Waals surface area contributed by atoms with Crippen LogP contribution in [-0.2, 0) is 4.12 Å². The molecular formula is C6H16OSi2. The summed E-state index contributed by atoms with van der Waals surface area (Å²) in [6.45, 7) is 10.4. The molecule has 0 heterocycles. The lowest BCUT2D eigenvalue weighted by molar-refractivity contribution is 0.596. The molecule has 0 bridgehead atoms. The average molecular weight is 160 g/mol. The summed E-state index contributed by atoms with van der Waals surface area (Å²) in [5.41, 5.74) is 0.579. The van der Waals surface area contributed by atoms with Crippen molar-refractivity contribution in [3.63, 3.8) is 0 Å². The van der Waals surface area contributed by atoms with Gasteiger partial charge in [-0.25, -0.2) is 0 Å². The van der Waals surface area contributed by atoms with Crippen molar-refractivity contribution in [2.75, 3.05) is 0 Å². The molecule has 0 aromatic heterocycles. The summed E-state index contributed by atoms with van der Waals surface area (Å²) in [6.07, 6.45) is 1.99. The lowest BCUT2D eigenvalue weighted by Crippen LogP contribution is -2.33. The van der Waals surface area contributed by atoms with Crippen LogP contribution in [0, 0.1) is 0 Å². The van der Waals surface area contributed by atoms with E-state index in [1.54, 1.807) is 0 Å². The average Bonchev–Trinajstić information content (AvgIpc) is 1.86. The van der Waals surface area contributed by atoms with Gasteiger partial charge in [-0.2, -0.15) is 0 Å². The summed E-state index contributed by atoms with van der Waals surface area (Å²) in [5, 5.41) is 0. The highest BCUT2D eigenvalue weighted by Gasteiger charge is 2.25. The van der Waals surface area contributed by atoms with Crippen molar-refractivity contribution >= 4 is 18.8 Å². The first-order valence-corrected chi connectivity index (χ1v) is 7.02. The molecule has 0 fully saturated rings. The van der Waals surface area contributed by atoms with Gasteiger partial charge < -0.3 is 4.12 Å². The summed E-state index contributed by atoms with van der Waals surface area (Å²) in [5.74, 6) is 0. The van der Waals surface area contributed by atoms with Crippen LogP contribution in [0.5, 0.6) is 0 Å². The third-order valence-electron chi connectivity index (χ3n) is 1.98. The van der Waals surface area contributed by atoms with Crippen molar-refractivity contribution in [2.45, 2.75) is 25.6 Å². The summed E-state index contributed by atoms with van der Waals surface area (Å²) in [6, 6.07) is 0. The first-order valence-electron chi connectivity index (χ1n) is 3.22. The van der Waals surface area contributed by atoms with Crippen LogP contribution in [0.25, 0.3) is 0 Å². The fourth-order valence-corrected chi connectivity index (χ4v) is 2.52. The van der Waals surface area contributed by atoms with Crippen molar-refractivity contribution in [3.05, 3.63) is 12.7 Å². The van der Waals surface area contributed by atoms with E-state index in [4.69, 9.17) is 4.12 Å². The van der Waals surface area contributed by atoms with E-state index in [-0.39, 0.29) is 0 Å². The highest BCUT2D eigenvalue weighted by molar-refractivity contribution is 6.75. The van der Waals surface area contributed by atoms with Crippen molar-refractivity contribution in [1.29, 1.82) is 0 Å². The zero-order valence-corrected chi connectivity index (χ0v) is 9.77. The number of hydrogen-bond donors (Lipinski definition) is 0. The Bertz CT molecular complexity index is 101. The summed E-state index contributed by atoms with van der Waals surface area (Å²) >= 11 is 0. The molecule has 0 radical (unpaired) electrons. The quantitative estimate of drug-likeness (QED) is 0.443. The molecule has 0 aliphatic carbocycles. The zero-order chi connectivity index (χ0) is 7.49. The Kier molecular flexibility index (Phi) is 3.39. The third kappa shape index (κ3) is 2.47. The van der Waals surface area contributed by atoms with Crippen molar-refractivity contribution < 1.29 is 4.12 Å². The summed E-state index contributed by atoms with van der Waals surface area (Å²) in [4.78, 5) is 0. The standard InChI is InChI=1S/C6H16OSi2/c1-5-6(2)9(3,4)7-8/h5-6H,1H2,2-4,8H3. The summed E-state index contributed by atoms with van der Waals surface area (Å²) in [7, 11) is -0.473. The zero-order valence-electron chi connectivity index (χ0n) is 6.77. The minimum atomic E-state index is -1.34. The predicted molar refractivity (Wildman–Crippen MR) is 48.1 cm³/mol. The molecule has 0 saturated carbocycles. The molecule has 0 aromatic carbocycles. The Morgan fingerprint density at radius 3 is 2.22 bits per heavy atom. The van der Waals surface area contributed by atoms with E-state index in [0.717, 1.165) is 10.5 Å². The van der Waals surface area contributed by atoms with E-state index in [1.807, 2.05) is 6.08 Å². The molecule has 0 aromatic rings. The Hall–Kier alpha value is 0.134. The molecule has 0 rings (SSSR count). The lowest BCUT2D eigenvalue weighted by atomic mass is 10.5. The molecule has 3 heteroatoms. The second-order valence-electron chi connectivity index (χ2n) is 2.83. The van der Waals surface area contributed by atoms with Crippen LogP contribution in [0.3, 0.4) is 0 Å². The van der Waals surface area contributed by atoms with Gasteiger partial charge in [-0.05, 0) is 18.6 Å². The number of hydrogen-bond acceptors (Lipinski definition) is 1. The van der Waals surface area contributed by atoms with Gasteiger partial charge in [0.05, 0.1) is 0 Å². The van der Waals surface area contributed by atoms with Gasteiger partial charge in [0.1, 0.15) is 10.5 Å². The predicted octanol–water partition coefficient (Wildman–Crippen LogP) is 1.06. The van der Waals surface area contributed by atoms with Crippen LogP contribution < -0.4 is 0 Å². The van der Waals surface area contributed by atoms with E-state index < -0.39 is 8.32 Å². The highest BCUT2D eigenvalue weighted by Crippen LogP contribution is 2.21. The van der Waals surface area contributed by atoms with Gasteiger partial charge in [-0.1, -0.05) is 13.0 Å². The Morgan fingerprint density at radius 2 is 2.11 bits per heavy atom. The monoisotopic (exact) mass is 160 g/mol. The fourth-order valence-electron chi connectivity index (χ4n) is 0.470. The molecule has 9 heavy (non-hydrogen) atoms. The minimum Gasteiger partial charge on any atom is -0.463 e. The molecule has 0 aliphatic rings. The van der Waals surface area contributed by atoms with Crippen molar-refractivity contribution in [2.24, 2.45) is 0 Å². The molecule has 1 nitrogen and oxygen atoms in total. The second-order valence-corrected chi connectivity index (χ2v) is 8.58. The van der Waals surface area contributed by atoms with Crippen LogP contribution in [0.15, 0.2) is 12.7 Å². The maximum absolute atomic E-state index is 5.50. The van der Waals surface area contributed by atoms with Crippen molar-refractivity contribution in [3.8, 4) is 0 Å². The topological polar surface area (TPSA) is 9.23 Å². The lowest BCUT2D eigenvalue weighted by Gasteiger charge is -2.25. The van der Waals surface area contributed by atoms with Crippen LogP contribution in [0.4, 0.5) is 0 Å². The maximum atomic E-state index is 5.50. The van der Waals surface area contributed by atoms with Gasteiger partial charge in [0.15, 0.2) is 8.32 Å². The number of rotatable bonds is 3. The van der Waals surface area contributed by atoms with Gasteiger partial charge in [0, 0.05) is 0 Å². The molecule has 1 unspecified atom stereocenters. The van der Waals surface area contributed by atoms with E-state index in [9.17, 15) is 0 Å². The fraction of sp³-hybridized carbons (Fsp3) is 0.667. The molecule has 0 spiro atoms. The second kappa shape index (κ2) is 3.34. The minimum absolute atomic E-state index is 0.579. The Morgan fingerprint density at radius 1 is 1.67 bits per heavy atom. The first-order chi connectivity index (χ1) is 4.04. The van der Waals surface area contributed by atoms with E-state index in [1.165, 1.54) is 0 Å². The molecule has 54 valence electrons. The Balaban J connectivity index is 3.95.